The second-order valence-corrected chi connectivity index (χ2v) is 5.77. The molecule has 25 heavy (non-hydrogen) atoms. The molecule has 1 aliphatic rings. The number of carbonyl (C=O) groups excluding carboxylic acids is 2. The van der Waals surface area contributed by atoms with Crippen molar-refractivity contribution < 1.29 is 19.4 Å². The standard InChI is InChI=1S/C18H19N3O4/c1-12(23)19-9-15-10-21(18(24)25-15)17-7-6-13(8-20-17)16-5-3-2-4-14(16)11-22/h2-8,15,22H,9-11H2,1H3,(H,19,23). The van der Waals surface area contributed by atoms with Gasteiger partial charge in [-0.05, 0) is 23.3 Å². The molecule has 3 rings (SSSR count). The molecule has 0 aliphatic carbocycles. The monoisotopic (exact) mass is 341 g/mol. The van der Waals surface area contributed by atoms with Crippen molar-refractivity contribution in [2.45, 2.75) is 19.6 Å². The van der Waals surface area contributed by atoms with Crippen LogP contribution in [0.2, 0.25) is 0 Å². The Morgan fingerprint density at radius 3 is 2.84 bits per heavy atom. The Labute approximate surface area is 145 Å². The minimum absolute atomic E-state index is 0.0544. The summed E-state index contributed by atoms with van der Waals surface area (Å²) in [6.45, 7) is 1.97. The summed E-state index contributed by atoms with van der Waals surface area (Å²) < 4.78 is 5.23. The van der Waals surface area contributed by atoms with Crippen LogP contribution in [0.15, 0.2) is 42.6 Å². The molecule has 1 aromatic carbocycles. The molecule has 2 N–H and O–H groups in total. The van der Waals surface area contributed by atoms with Crippen molar-refractivity contribution in [3.05, 3.63) is 48.2 Å². The Morgan fingerprint density at radius 2 is 2.16 bits per heavy atom. The number of amides is 2. The molecular weight excluding hydrogens is 322 g/mol. The number of hydrogen-bond acceptors (Lipinski definition) is 5. The van der Waals surface area contributed by atoms with E-state index in [-0.39, 0.29) is 19.1 Å². The average Bonchev–Trinajstić information content (AvgIpc) is 3.01. The summed E-state index contributed by atoms with van der Waals surface area (Å²) >= 11 is 0. The number of pyridine rings is 1. The maximum Gasteiger partial charge on any atom is 0.416 e. The van der Waals surface area contributed by atoms with Gasteiger partial charge in [0.15, 0.2) is 0 Å². The number of carbonyl (C=O) groups is 2. The van der Waals surface area contributed by atoms with Gasteiger partial charge in [0.2, 0.25) is 5.91 Å². The van der Waals surface area contributed by atoms with Crippen molar-refractivity contribution >= 4 is 17.8 Å². The number of aliphatic hydroxyl groups excluding tert-OH is 1. The third kappa shape index (κ3) is 3.77. The third-order valence-corrected chi connectivity index (χ3v) is 3.98. The number of ether oxygens (including phenoxy) is 1. The van der Waals surface area contributed by atoms with Crippen LogP contribution in [-0.4, -0.2) is 41.3 Å². The van der Waals surface area contributed by atoms with E-state index in [1.54, 1.807) is 12.3 Å². The molecule has 1 aromatic heterocycles. The first-order chi connectivity index (χ1) is 12.1. The van der Waals surface area contributed by atoms with Crippen molar-refractivity contribution in [2.24, 2.45) is 0 Å². The first kappa shape index (κ1) is 16.9. The molecular formula is C18H19N3O4. The zero-order valence-corrected chi connectivity index (χ0v) is 13.8. The van der Waals surface area contributed by atoms with E-state index in [1.807, 2.05) is 30.3 Å². The quantitative estimate of drug-likeness (QED) is 0.864. The van der Waals surface area contributed by atoms with Crippen LogP contribution in [0.3, 0.4) is 0 Å². The number of rotatable bonds is 5. The summed E-state index contributed by atoms with van der Waals surface area (Å²) in [6.07, 6.45) is 0.789. The normalized spacial score (nSPS) is 16.6. The van der Waals surface area contributed by atoms with E-state index >= 15 is 0 Å². The molecule has 7 heteroatoms. The molecule has 1 aliphatic heterocycles. The number of aliphatic hydroxyl groups is 1. The minimum Gasteiger partial charge on any atom is -0.442 e. The van der Waals surface area contributed by atoms with Gasteiger partial charge in [-0.25, -0.2) is 9.78 Å². The van der Waals surface area contributed by atoms with E-state index in [4.69, 9.17) is 4.74 Å². The van der Waals surface area contributed by atoms with Gasteiger partial charge < -0.3 is 15.2 Å². The number of cyclic esters (lactones) is 1. The topological polar surface area (TPSA) is 91.8 Å². The fourth-order valence-electron chi connectivity index (χ4n) is 2.72. The van der Waals surface area contributed by atoms with E-state index in [1.165, 1.54) is 11.8 Å². The summed E-state index contributed by atoms with van der Waals surface area (Å²) in [5, 5.41) is 12.1. The number of nitrogens with zero attached hydrogens (tertiary/aromatic N) is 2. The van der Waals surface area contributed by atoms with Gasteiger partial charge in [-0.2, -0.15) is 0 Å². The Hall–Kier alpha value is -2.93. The van der Waals surface area contributed by atoms with Crippen LogP contribution in [0.1, 0.15) is 12.5 Å². The zero-order chi connectivity index (χ0) is 17.8. The van der Waals surface area contributed by atoms with Gasteiger partial charge in [0.1, 0.15) is 11.9 Å². The summed E-state index contributed by atoms with van der Waals surface area (Å²) in [4.78, 5) is 28.8. The second-order valence-electron chi connectivity index (χ2n) is 5.77. The summed E-state index contributed by atoms with van der Waals surface area (Å²) in [6, 6.07) is 11.1. The summed E-state index contributed by atoms with van der Waals surface area (Å²) in [5.41, 5.74) is 2.57. The Morgan fingerprint density at radius 1 is 1.36 bits per heavy atom. The Bertz CT molecular complexity index is 776. The van der Waals surface area contributed by atoms with E-state index < -0.39 is 12.2 Å². The number of hydrogen-bond donors (Lipinski definition) is 2. The summed E-state index contributed by atoms with van der Waals surface area (Å²) in [5.74, 6) is 0.320. The SMILES string of the molecule is CC(=O)NCC1CN(c2ccc(-c3ccccc3CO)cn2)C(=O)O1. The predicted octanol–water partition coefficient (Wildman–Crippen LogP) is 1.70. The highest BCUT2D eigenvalue weighted by Crippen LogP contribution is 2.26. The van der Waals surface area contributed by atoms with Crippen LogP contribution < -0.4 is 10.2 Å². The molecule has 2 amide bonds. The van der Waals surface area contributed by atoms with Crippen LogP contribution in [0.4, 0.5) is 10.6 Å². The first-order valence-electron chi connectivity index (χ1n) is 7.96. The van der Waals surface area contributed by atoms with Gasteiger partial charge in [0.25, 0.3) is 0 Å². The predicted molar refractivity (Wildman–Crippen MR) is 91.9 cm³/mol. The molecule has 1 atom stereocenters. The largest absolute Gasteiger partial charge is 0.442 e. The highest BCUT2D eigenvalue weighted by molar-refractivity contribution is 5.89. The lowest BCUT2D eigenvalue weighted by Crippen LogP contribution is -2.33. The molecule has 130 valence electrons. The maximum atomic E-state index is 12.0. The van der Waals surface area contributed by atoms with Crippen molar-refractivity contribution in [1.82, 2.24) is 10.3 Å². The van der Waals surface area contributed by atoms with Crippen molar-refractivity contribution in [1.29, 1.82) is 0 Å². The Balaban J connectivity index is 1.74. The second kappa shape index (κ2) is 7.31. The van der Waals surface area contributed by atoms with E-state index in [0.717, 1.165) is 16.7 Å². The lowest BCUT2D eigenvalue weighted by molar-refractivity contribution is -0.119. The number of anilines is 1. The lowest BCUT2D eigenvalue weighted by atomic mass is 10.0. The van der Waals surface area contributed by atoms with Crippen LogP contribution in [0.25, 0.3) is 11.1 Å². The molecule has 7 nitrogen and oxygen atoms in total. The fourth-order valence-corrected chi connectivity index (χ4v) is 2.72. The van der Waals surface area contributed by atoms with Crippen molar-refractivity contribution in [2.75, 3.05) is 18.0 Å². The molecule has 1 fully saturated rings. The third-order valence-electron chi connectivity index (χ3n) is 3.98. The lowest BCUT2D eigenvalue weighted by Gasteiger charge is -2.13. The fraction of sp³-hybridized carbons (Fsp3) is 0.278. The highest BCUT2D eigenvalue weighted by atomic mass is 16.6. The summed E-state index contributed by atoms with van der Waals surface area (Å²) in [7, 11) is 0. The molecule has 2 heterocycles. The minimum atomic E-state index is -0.480. The van der Waals surface area contributed by atoms with E-state index in [9.17, 15) is 14.7 Å². The van der Waals surface area contributed by atoms with Crippen LogP contribution in [0, 0.1) is 0 Å². The van der Waals surface area contributed by atoms with Gasteiger partial charge in [-0.3, -0.25) is 9.69 Å². The molecule has 0 radical (unpaired) electrons. The molecule has 1 saturated heterocycles. The van der Waals surface area contributed by atoms with Crippen molar-refractivity contribution in [3.63, 3.8) is 0 Å². The zero-order valence-electron chi connectivity index (χ0n) is 13.8. The number of nitrogens with one attached hydrogen (secondary N) is 1. The van der Waals surface area contributed by atoms with Crippen LogP contribution in [-0.2, 0) is 16.1 Å². The van der Waals surface area contributed by atoms with E-state index in [2.05, 4.69) is 10.3 Å². The van der Waals surface area contributed by atoms with Gasteiger partial charge in [-0.15, -0.1) is 0 Å². The Kier molecular flexibility index (Phi) is 4.95. The first-order valence-corrected chi connectivity index (χ1v) is 7.96. The van der Waals surface area contributed by atoms with Crippen molar-refractivity contribution in [3.8, 4) is 11.1 Å². The number of benzene rings is 1. The molecule has 2 aromatic rings. The molecule has 0 saturated carbocycles. The van der Waals surface area contributed by atoms with Gasteiger partial charge in [0.05, 0.1) is 19.7 Å². The van der Waals surface area contributed by atoms with Gasteiger partial charge in [-0.1, -0.05) is 24.3 Å². The smallest absolute Gasteiger partial charge is 0.416 e. The maximum absolute atomic E-state index is 12.0. The van der Waals surface area contributed by atoms with Gasteiger partial charge >= 0.3 is 6.09 Å². The molecule has 1 unspecified atom stereocenters. The highest BCUT2D eigenvalue weighted by Gasteiger charge is 2.33. The van der Waals surface area contributed by atoms with E-state index in [0.29, 0.717) is 12.4 Å². The van der Waals surface area contributed by atoms with Crippen LogP contribution >= 0.6 is 0 Å². The average molecular weight is 341 g/mol. The number of aromatic nitrogens is 1. The van der Waals surface area contributed by atoms with Gasteiger partial charge in [0, 0.05) is 18.7 Å². The molecule has 0 bridgehead atoms. The van der Waals surface area contributed by atoms with Crippen LogP contribution in [0.5, 0.6) is 0 Å². The molecule has 0 spiro atoms.